The van der Waals surface area contributed by atoms with Gasteiger partial charge >= 0.3 is 0 Å². The van der Waals surface area contributed by atoms with Crippen LogP contribution in [0.4, 0.5) is 5.69 Å². The molecule has 0 unspecified atom stereocenters. The molecular weight excluding hydrogens is 216 g/mol. The average Bonchev–Trinajstić information content (AvgIpc) is 2.54. The fraction of sp³-hybridized carbons (Fsp3) is 0.462. The van der Waals surface area contributed by atoms with Crippen molar-refractivity contribution in [2.45, 2.75) is 25.6 Å². The predicted octanol–water partition coefficient (Wildman–Crippen LogP) is 1.53. The average molecular weight is 232 g/mol. The number of ether oxygens (including phenoxy) is 1. The van der Waals surface area contributed by atoms with Crippen molar-refractivity contribution < 1.29 is 9.53 Å². The van der Waals surface area contributed by atoms with Crippen LogP contribution in [0.5, 0.6) is 0 Å². The highest BCUT2D eigenvalue weighted by molar-refractivity contribution is 5.94. The molecule has 0 aliphatic carbocycles. The number of carbonyl (C=O) groups excluding carboxylic acids is 1. The molecule has 1 amide bonds. The first-order chi connectivity index (χ1) is 8.11. The molecule has 1 aromatic rings. The van der Waals surface area contributed by atoms with Gasteiger partial charge in [-0.2, -0.15) is 0 Å². The number of anilines is 1. The topological polar surface area (TPSA) is 41.6 Å². The molecule has 17 heavy (non-hydrogen) atoms. The molecule has 4 nitrogen and oxygen atoms in total. The molecule has 0 bridgehead atoms. The smallest absolute Gasteiger partial charge is 0.238 e. The van der Waals surface area contributed by atoms with Crippen molar-refractivity contribution in [1.29, 1.82) is 0 Å². The molecule has 1 saturated heterocycles. The molecule has 2 atom stereocenters. The number of hydrogen-bond acceptors (Lipinski definition) is 3. The summed E-state index contributed by atoms with van der Waals surface area (Å²) in [5, 5.41) is 2.94. The van der Waals surface area contributed by atoms with Gasteiger partial charge in [-0.15, -0.1) is 0 Å². The molecule has 1 aromatic carbocycles. The highest BCUT2D eigenvalue weighted by Crippen LogP contribution is 2.41. The van der Waals surface area contributed by atoms with Crippen LogP contribution in [-0.4, -0.2) is 30.0 Å². The van der Waals surface area contributed by atoms with Crippen LogP contribution in [0.15, 0.2) is 24.3 Å². The zero-order valence-electron chi connectivity index (χ0n) is 10.1. The summed E-state index contributed by atoms with van der Waals surface area (Å²) in [6.07, 6.45) is 0. The van der Waals surface area contributed by atoms with Gasteiger partial charge in [0, 0.05) is 17.3 Å². The van der Waals surface area contributed by atoms with E-state index in [1.165, 1.54) is 0 Å². The first kappa shape index (κ1) is 10.7. The Labute approximate surface area is 101 Å². The lowest BCUT2D eigenvalue weighted by Gasteiger charge is -2.33. The summed E-state index contributed by atoms with van der Waals surface area (Å²) in [6.45, 7) is 5.17. The van der Waals surface area contributed by atoms with Crippen molar-refractivity contribution in [1.82, 2.24) is 4.90 Å². The molecule has 2 aliphatic heterocycles. The van der Waals surface area contributed by atoms with Crippen molar-refractivity contribution in [3.8, 4) is 0 Å². The van der Waals surface area contributed by atoms with Crippen molar-refractivity contribution in [2.24, 2.45) is 0 Å². The van der Waals surface area contributed by atoms with Gasteiger partial charge in [-0.1, -0.05) is 18.2 Å². The fourth-order valence-electron chi connectivity index (χ4n) is 2.76. The van der Waals surface area contributed by atoms with Crippen LogP contribution in [0.25, 0.3) is 0 Å². The zero-order valence-corrected chi connectivity index (χ0v) is 10.1. The maximum Gasteiger partial charge on any atom is 0.238 e. The number of rotatable bonds is 0. The molecule has 2 aliphatic rings. The Hall–Kier alpha value is -1.39. The molecule has 0 saturated carbocycles. The summed E-state index contributed by atoms with van der Waals surface area (Å²) < 4.78 is 5.95. The van der Waals surface area contributed by atoms with E-state index in [4.69, 9.17) is 4.74 Å². The van der Waals surface area contributed by atoms with E-state index in [0.717, 1.165) is 11.3 Å². The van der Waals surface area contributed by atoms with Crippen LogP contribution in [0.3, 0.4) is 0 Å². The lowest BCUT2D eigenvalue weighted by Crippen LogP contribution is -2.44. The minimum Gasteiger partial charge on any atom is -0.355 e. The van der Waals surface area contributed by atoms with Gasteiger partial charge in [0.15, 0.2) is 0 Å². The van der Waals surface area contributed by atoms with Gasteiger partial charge in [0.1, 0.15) is 5.72 Å². The normalized spacial score (nSPS) is 32.6. The largest absolute Gasteiger partial charge is 0.355 e. The number of nitrogens with one attached hydrogen (secondary N) is 1. The maximum atomic E-state index is 11.9. The minimum atomic E-state index is -0.491. The highest BCUT2D eigenvalue weighted by Gasteiger charge is 2.47. The van der Waals surface area contributed by atoms with E-state index in [1.807, 2.05) is 31.2 Å². The summed E-state index contributed by atoms with van der Waals surface area (Å²) in [6, 6.07) is 8.11. The molecule has 90 valence electrons. The number of benzene rings is 1. The van der Waals surface area contributed by atoms with Gasteiger partial charge in [0.05, 0.1) is 13.2 Å². The Morgan fingerprint density at radius 3 is 3.06 bits per heavy atom. The third-order valence-electron chi connectivity index (χ3n) is 3.70. The first-order valence-electron chi connectivity index (χ1n) is 5.91. The van der Waals surface area contributed by atoms with E-state index >= 15 is 0 Å². The van der Waals surface area contributed by atoms with E-state index < -0.39 is 5.72 Å². The number of nitrogens with zero attached hydrogens (tertiary/aromatic N) is 1. The Morgan fingerprint density at radius 2 is 2.24 bits per heavy atom. The van der Waals surface area contributed by atoms with Crippen LogP contribution in [0.2, 0.25) is 0 Å². The number of amides is 1. The standard InChI is InChI=1S/C13H16N2O2/c1-9-8-17-13(2)10-5-3-4-6-11(10)14-12(16)7-15(9)13/h3-6,9H,7-8H2,1-2H3,(H,14,16)/t9-,13-/m1/s1. The lowest BCUT2D eigenvalue weighted by molar-refractivity contribution is -0.123. The van der Waals surface area contributed by atoms with E-state index in [1.54, 1.807) is 0 Å². The highest BCUT2D eigenvalue weighted by atomic mass is 16.5. The minimum absolute atomic E-state index is 0.0264. The van der Waals surface area contributed by atoms with Crippen molar-refractivity contribution in [2.75, 3.05) is 18.5 Å². The summed E-state index contributed by atoms with van der Waals surface area (Å²) in [5.74, 6) is 0.0264. The second-order valence-electron chi connectivity index (χ2n) is 4.86. The summed E-state index contributed by atoms with van der Waals surface area (Å²) in [5.41, 5.74) is 1.40. The van der Waals surface area contributed by atoms with E-state index in [2.05, 4.69) is 17.1 Å². The second kappa shape index (κ2) is 3.55. The Bertz CT molecular complexity index is 474. The van der Waals surface area contributed by atoms with Crippen LogP contribution in [0, 0.1) is 0 Å². The third-order valence-corrected chi connectivity index (χ3v) is 3.70. The molecule has 0 aromatic heterocycles. The monoisotopic (exact) mass is 232 g/mol. The quantitative estimate of drug-likeness (QED) is 0.737. The van der Waals surface area contributed by atoms with Crippen LogP contribution < -0.4 is 5.32 Å². The van der Waals surface area contributed by atoms with Crippen molar-refractivity contribution >= 4 is 11.6 Å². The Balaban J connectivity index is 2.17. The van der Waals surface area contributed by atoms with Gasteiger partial charge < -0.3 is 10.1 Å². The Kier molecular flexibility index (Phi) is 2.24. The molecule has 4 heteroatoms. The molecule has 1 fully saturated rings. The lowest BCUT2D eigenvalue weighted by atomic mass is 10.0. The van der Waals surface area contributed by atoms with Crippen LogP contribution in [0.1, 0.15) is 19.4 Å². The maximum absolute atomic E-state index is 11.9. The summed E-state index contributed by atoms with van der Waals surface area (Å²) in [4.78, 5) is 14.0. The molecule has 3 rings (SSSR count). The summed E-state index contributed by atoms with van der Waals surface area (Å²) >= 11 is 0. The zero-order chi connectivity index (χ0) is 12.0. The Morgan fingerprint density at radius 1 is 1.47 bits per heavy atom. The summed E-state index contributed by atoms with van der Waals surface area (Å²) in [7, 11) is 0. The van der Waals surface area contributed by atoms with Gasteiger partial charge in [-0.3, -0.25) is 9.69 Å². The molecule has 0 radical (unpaired) electrons. The number of fused-ring (bicyclic) bond motifs is 3. The van der Waals surface area contributed by atoms with Gasteiger partial charge in [0.25, 0.3) is 0 Å². The predicted molar refractivity (Wildman–Crippen MR) is 64.5 cm³/mol. The molecular formula is C13H16N2O2. The van der Waals surface area contributed by atoms with Gasteiger partial charge in [0.2, 0.25) is 5.91 Å². The fourth-order valence-corrected chi connectivity index (χ4v) is 2.76. The number of carbonyl (C=O) groups is 1. The van der Waals surface area contributed by atoms with E-state index in [0.29, 0.717) is 13.2 Å². The van der Waals surface area contributed by atoms with Crippen LogP contribution in [-0.2, 0) is 15.3 Å². The van der Waals surface area contributed by atoms with Gasteiger partial charge in [-0.25, -0.2) is 0 Å². The van der Waals surface area contributed by atoms with E-state index in [-0.39, 0.29) is 11.9 Å². The second-order valence-corrected chi connectivity index (χ2v) is 4.86. The number of hydrogen-bond donors (Lipinski definition) is 1. The van der Waals surface area contributed by atoms with Crippen LogP contribution >= 0.6 is 0 Å². The van der Waals surface area contributed by atoms with Crippen molar-refractivity contribution in [3.05, 3.63) is 29.8 Å². The van der Waals surface area contributed by atoms with Gasteiger partial charge in [-0.05, 0) is 19.9 Å². The van der Waals surface area contributed by atoms with Crippen molar-refractivity contribution in [3.63, 3.8) is 0 Å². The molecule has 1 N–H and O–H groups in total. The third kappa shape index (κ3) is 1.48. The molecule has 2 heterocycles. The first-order valence-corrected chi connectivity index (χ1v) is 5.91. The SMILES string of the molecule is C[C@@H]1CO[C@]2(C)c3ccccc3NC(=O)CN12. The molecule has 0 spiro atoms. The van der Waals surface area contributed by atoms with E-state index in [9.17, 15) is 4.79 Å². The number of para-hydroxylation sites is 1.